The highest BCUT2D eigenvalue weighted by molar-refractivity contribution is 5.94. The first-order valence-electron chi connectivity index (χ1n) is 8.76. The van der Waals surface area contributed by atoms with Crippen LogP contribution in [0.25, 0.3) is 0 Å². The third kappa shape index (κ3) is 2.20. The minimum atomic E-state index is -0.491. The second-order valence-electron chi connectivity index (χ2n) is 7.18. The molecule has 1 N–H and O–H groups in total. The normalized spacial score (nSPS) is 31.0. The number of hydrogen-bond acceptors (Lipinski definition) is 4. The predicted molar refractivity (Wildman–Crippen MR) is 89.0 cm³/mol. The van der Waals surface area contributed by atoms with Gasteiger partial charge in [0.2, 0.25) is 0 Å². The number of esters is 1. The lowest BCUT2D eigenvalue weighted by Gasteiger charge is -2.44. The number of allylic oxidation sites excluding steroid dienone is 2. The molecule has 0 aromatic heterocycles. The lowest BCUT2D eigenvalue weighted by atomic mass is 9.59. The molecule has 0 saturated heterocycles. The second-order valence-corrected chi connectivity index (χ2v) is 7.18. The van der Waals surface area contributed by atoms with Gasteiger partial charge in [-0.3, -0.25) is 4.79 Å². The molecule has 1 aromatic rings. The van der Waals surface area contributed by atoms with Crippen LogP contribution in [0.5, 0.6) is 5.75 Å². The Hall–Kier alpha value is -2.10. The van der Waals surface area contributed by atoms with Crippen LogP contribution in [-0.4, -0.2) is 24.0 Å². The summed E-state index contributed by atoms with van der Waals surface area (Å²) < 4.78 is 4.85. The summed E-state index contributed by atoms with van der Waals surface area (Å²) in [6.07, 6.45) is 8.82. The summed E-state index contributed by atoms with van der Waals surface area (Å²) in [5.74, 6) is 0.862. The average molecular weight is 326 g/mol. The van der Waals surface area contributed by atoms with Crippen LogP contribution in [0.3, 0.4) is 0 Å². The molecule has 24 heavy (non-hydrogen) atoms. The lowest BCUT2D eigenvalue weighted by Crippen LogP contribution is -2.40. The van der Waals surface area contributed by atoms with Gasteiger partial charge in [-0.25, -0.2) is 4.79 Å². The van der Waals surface area contributed by atoms with E-state index in [0.717, 1.165) is 30.4 Å². The predicted octanol–water partition coefficient (Wildman–Crippen LogP) is 3.38. The van der Waals surface area contributed by atoms with Crippen molar-refractivity contribution in [2.24, 2.45) is 17.8 Å². The molecule has 0 spiro atoms. The number of benzene rings is 1. The van der Waals surface area contributed by atoms with E-state index in [2.05, 4.69) is 12.2 Å². The van der Waals surface area contributed by atoms with Crippen LogP contribution in [0.15, 0.2) is 24.3 Å². The fraction of sp³-hybridized carbons (Fsp3) is 0.500. The monoisotopic (exact) mass is 326 g/mol. The number of methoxy groups -OCH3 is 1. The van der Waals surface area contributed by atoms with Crippen LogP contribution in [0, 0.1) is 17.8 Å². The summed E-state index contributed by atoms with van der Waals surface area (Å²) in [4.78, 5) is 24.6. The van der Waals surface area contributed by atoms with E-state index in [4.69, 9.17) is 4.74 Å². The van der Waals surface area contributed by atoms with Gasteiger partial charge in [0, 0.05) is 18.3 Å². The first kappa shape index (κ1) is 15.4. The molecule has 4 atom stereocenters. The number of aromatic hydroxyl groups is 1. The van der Waals surface area contributed by atoms with Crippen molar-refractivity contribution in [3.63, 3.8) is 0 Å². The number of carbonyl (C=O) groups excluding carboxylic acids is 2. The van der Waals surface area contributed by atoms with E-state index in [1.54, 1.807) is 6.07 Å². The van der Waals surface area contributed by atoms with Gasteiger partial charge in [0.1, 0.15) is 17.1 Å². The Morgan fingerprint density at radius 2 is 2.04 bits per heavy atom. The largest absolute Gasteiger partial charge is 0.507 e. The van der Waals surface area contributed by atoms with Gasteiger partial charge in [-0.05, 0) is 54.7 Å². The number of carbonyl (C=O) groups is 2. The Morgan fingerprint density at radius 1 is 1.21 bits per heavy atom. The summed E-state index contributed by atoms with van der Waals surface area (Å²) in [6.45, 7) is 0. The molecular weight excluding hydrogens is 304 g/mol. The quantitative estimate of drug-likeness (QED) is 0.635. The summed E-state index contributed by atoms with van der Waals surface area (Å²) >= 11 is 0. The minimum Gasteiger partial charge on any atom is -0.507 e. The molecule has 4 heteroatoms. The first-order valence-corrected chi connectivity index (χ1v) is 8.76. The molecule has 1 fully saturated rings. The van der Waals surface area contributed by atoms with E-state index in [9.17, 15) is 14.7 Å². The Kier molecular flexibility index (Phi) is 3.70. The van der Waals surface area contributed by atoms with Crippen molar-refractivity contribution in [3.8, 4) is 5.75 Å². The van der Waals surface area contributed by atoms with Gasteiger partial charge in [-0.1, -0.05) is 18.2 Å². The summed E-state index contributed by atoms with van der Waals surface area (Å²) in [6, 6.07) is 3.49. The summed E-state index contributed by atoms with van der Waals surface area (Å²) in [5, 5.41) is 10.1. The Labute approximate surface area is 141 Å². The SMILES string of the molecule is COC(=O)c1c(O)ccc2c1CC[C@@H]1[C@H]3C(=O)CCC[C@H]3C=C[C@@H]21. The van der Waals surface area contributed by atoms with Crippen LogP contribution in [0.2, 0.25) is 0 Å². The van der Waals surface area contributed by atoms with E-state index >= 15 is 0 Å². The van der Waals surface area contributed by atoms with Crippen molar-refractivity contribution in [3.05, 3.63) is 41.0 Å². The van der Waals surface area contributed by atoms with Crippen LogP contribution in [0.4, 0.5) is 0 Å². The molecule has 0 amide bonds. The minimum absolute atomic E-state index is 0.0227. The Morgan fingerprint density at radius 3 is 2.83 bits per heavy atom. The number of phenolic OH excluding ortho intramolecular Hbond substituents is 1. The topological polar surface area (TPSA) is 63.6 Å². The molecule has 0 heterocycles. The number of Topliss-reactive ketones (excluding diaryl/α,β-unsaturated/α-hetero) is 1. The maximum atomic E-state index is 12.5. The second kappa shape index (κ2) is 5.76. The van der Waals surface area contributed by atoms with Gasteiger partial charge < -0.3 is 9.84 Å². The van der Waals surface area contributed by atoms with Crippen LogP contribution in [-0.2, 0) is 16.0 Å². The van der Waals surface area contributed by atoms with E-state index in [1.165, 1.54) is 7.11 Å². The first-order chi connectivity index (χ1) is 11.6. The van der Waals surface area contributed by atoms with Gasteiger partial charge >= 0.3 is 5.97 Å². The zero-order chi connectivity index (χ0) is 16.8. The van der Waals surface area contributed by atoms with Crippen molar-refractivity contribution in [2.75, 3.05) is 7.11 Å². The number of ether oxygens (including phenoxy) is 1. The zero-order valence-electron chi connectivity index (χ0n) is 13.8. The molecule has 0 radical (unpaired) electrons. The zero-order valence-corrected chi connectivity index (χ0v) is 13.8. The fourth-order valence-electron chi connectivity index (χ4n) is 5.07. The molecule has 4 rings (SSSR count). The van der Waals surface area contributed by atoms with E-state index in [0.29, 0.717) is 36.0 Å². The molecule has 4 nitrogen and oxygen atoms in total. The van der Waals surface area contributed by atoms with E-state index < -0.39 is 5.97 Å². The third-order valence-electron chi connectivity index (χ3n) is 6.09. The van der Waals surface area contributed by atoms with Crippen molar-refractivity contribution in [2.45, 2.75) is 38.0 Å². The fourth-order valence-corrected chi connectivity index (χ4v) is 5.07. The molecule has 3 aliphatic rings. The Balaban J connectivity index is 1.80. The highest BCUT2D eigenvalue weighted by atomic mass is 16.5. The molecule has 3 aliphatic carbocycles. The number of phenols is 1. The standard InChI is InChI=1S/C20H22O4/c1-24-20(23)19-15-8-7-14-12(13(15)9-10-17(19)22)6-5-11-3-2-4-16(21)18(11)14/h5-6,9-12,14,18,22H,2-4,7-8H2,1H3/t11-,12-,14-,18-/m0/s1. The number of hydrogen-bond donors (Lipinski definition) is 1. The molecule has 1 aromatic carbocycles. The van der Waals surface area contributed by atoms with Crippen molar-refractivity contribution in [1.29, 1.82) is 0 Å². The van der Waals surface area contributed by atoms with E-state index in [1.807, 2.05) is 6.07 Å². The maximum Gasteiger partial charge on any atom is 0.341 e. The van der Waals surface area contributed by atoms with Gasteiger partial charge in [-0.15, -0.1) is 0 Å². The number of ketones is 1. The Bertz CT molecular complexity index is 733. The van der Waals surface area contributed by atoms with Crippen LogP contribution in [0.1, 0.15) is 53.1 Å². The summed E-state index contributed by atoms with van der Waals surface area (Å²) in [7, 11) is 1.33. The van der Waals surface area contributed by atoms with Gasteiger partial charge in [0.25, 0.3) is 0 Å². The highest BCUT2D eigenvalue weighted by Crippen LogP contribution is 2.51. The lowest BCUT2D eigenvalue weighted by molar-refractivity contribution is -0.128. The number of rotatable bonds is 1. The van der Waals surface area contributed by atoms with Crippen molar-refractivity contribution >= 4 is 11.8 Å². The van der Waals surface area contributed by atoms with Crippen molar-refractivity contribution < 1.29 is 19.4 Å². The maximum absolute atomic E-state index is 12.5. The third-order valence-corrected chi connectivity index (χ3v) is 6.09. The van der Waals surface area contributed by atoms with Crippen molar-refractivity contribution in [1.82, 2.24) is 0 Å². The van der Waals surface area contributed by atoms with Gasteiger partial charge in [-0.2, -0.15) is 0 Å². The summed E-state index contributed by atoms with van der Waals surface area (Å²) in [5.41, 5.74) is 2.24. The highest BCUT2D eigenvalue weighted by Gasteiger charge is 2.45. The molecule has 1 saturated carbocycles. The molecule has 0 aliphatic heterocycles. The van der Waals surface area contributed by atoms with Crippen LogP contribution < -0.4 is 0 Å². The average Bonchev–Trinajstić information content (AvgIpc) is 2.60. The smallest absolute Gasteiger partial charge is 0.341 e. The van der Waals surface area contributed by atoms with Gasteiger partial charge in [0.15, 0.2) is 0 Å². The van der Waals surface area contributed by atoms with Gasteiger partial charge in [0.05, 0.1) is 7.11 Å². The number of fused-ring (bicyclic) bond motifs is 5. The van der Waals surface area contributed by atoms with E-state index in [-0.39, 0.29) is 17.6 Å². The van der Waals surface area contributed by atoms with Crippen LogP contribution >= 0.6 is 0 Å². The molecular formula is C20H22O4. The molecule has 126 valence electrons. The molecule has 0 bridgehead atoms. The molecule has 0 unspecified atom stereocenters.